The molecule has 0 aliphatic carbocycles. The number of para-hydroxylation sites is 1. The Morgan fingerprint density at radius 1 is 1.53 bits per heavy atom. The summed E-state index contributed by atoms with van der Waals surface area (Å²) >= 11 is 5.39. The van der Waals surface area contributed by atoms with Crippen LogP contribution in [-0.4, -0.2) is 22.8 Å². The van der Waals surface area contributed by atoms with Gasteiger partial charge in [0, 0.05) is 19.1 Å². The SMILES string of the molecule is N#Cc1cccc2c1[nH]c(=S)n2CC1CCCOC1. The molecule has 0 radical (unpaired) electrons. The van der Waals surface area contributed by atoms with E-state index in [1.165, 1.54) is 6.42 Å². The molecule has 1 fully saturated rings. The minimum absolute atomic E-state index is 0.505. The van der Waals surface area contributed by atoms with Gasteiger partial charge in [-0.05, 0) is 37.2 Å². The highest BCUT2D eigenvalue weighted by Gasteiger charge is 2.17. The average molecular weight is 273 g/mol. The number of hydrogen-bond donors (Lipinski definition) is 1. The quantitative estimate of drug-likeness (QED) is 0.856. The molecule has 4 nitrogen and oxygen atoms in total. The Labute approximate surface area is 116 Å². The number of nitrogens with one attached hydrogen (secondary N) is 1. The van der Waals surface area contributed by atoms with Crippen LogP contribution in [-0.2, 0) is 11.3 Å². The predicted octanol–water partition coefficient (Wildman–Crippen LogP) is 3.00. The summed E-state index contributed by atoms with van der Waals surface area (Å²) in [6.07, 6.45) is 2.29. The predicted molar refractivity (Wildman–Crippen MR) is 75.4 cm³/mol. The zero-order chi connectivity index (χ0) is 13.2. The Bertz CT molecular complexity index is 689. The van der Waals surface area contributed by atoms with Crippen molar-refractivity contribution in [3.05, 3.63) is 28.5 Å². The molecule has 0 saturated carbocycles. The molecule has 19 heavy (non-hydrogen) atoms. The van der Waals surface area contributed by atoms with Crippen molar-refractivity contribution in [3.8, 4) is 6.07 Å². The van der Waals surface area contributed by atoms with Crippen molar-refractivity contribution in [3.63, 3.8) is 0 Å². The van der Waals surface area contributed by atoms with Gasteiger partial charge in [-0.15, -0.1) is 0 Å². The summed E-state index contributed by atoms with van der Waals surface area (Å²) in [6, 6.07) is 7.91. The Balaban J connectivity index is 2.01. The van der Waals surface area contributed by atoms with E-state index in [4.69, 9.17) is 22.2 Å². The maximum absolute atomic E-state index is 9.12. The Morgan fingerprint density at radius 3 is 3.16 bits per heavy atom. The van der Waals surface area contributed by atoms with Gasteiger partial charge in [0.1, 0.15) is 6.07 Å². The molecule has 0 bridgehead atoms. The van der Waals surface area contributed by atoms with E-state index >= 15 is 0 Å². The Kier molecular flexibility index (Phi) is 3.36. The highest BCUT2D eigenvalue weighted by atomic mass is 32.1. The average Bonchev–Trinajstić information content (AvgIpc) is 2.76. The van der Waals surface area contributed by atoms with E-state index in [1.54, 1.807) is 0 Å². The van der Waals surface area contributed by atoms with Gasteiger partial charge in [-0.25, -0.2) is 0 Å². The maximum Gasteiger partial charge on any atom is 0.178 e. The fourth-order valence-corrected chi connectivity index (χ4v) is 2.94. The lowest BCUT2D eigenvalue weighted by Crippen LogP contribution is -2.22. The third-order valence-electron chi connectivity index (χ3n) is 3.63. The minimum atomic E-state index is 0.505. The Hall–Kier alpha value is -1.64. The van der Waals surface area contributed by atoms with Crippen LogP contribution in [0.3, 0.4) is 0 Å². The summed E-state index contributed by atoms with van der Waals surface area (Å²) in [4.78, 5) is 3.15. The zero-order valence-corrected chi connectivity index (χ0v) is 11.4. The van der Waals surface area contributed by atoms with Gasteiger partial charge in [0.25, 0.3) is 0 Å². The summed E-state index contributed by atoms with van der Waals surface area (Å²) in [7, 11) is 0. The summed E-state index contributed by atoms with van der Waals surface area (Å²) < 4.78 is 8.29. The second kappa shape index (κ2) is 5.16. The first-order chi connectivity index (χ1) is 9.29. The lowest BCUT2D eigenvalue weighted by molar-refractivity contribution is 0.0486. The lowest BCUT2D eigenvalue weighted by atomic mass is 10.0. The third-order valence-corrected chi connectivity index (χ3v) is 3.95. The standard InChI is InChI=1S/C14H15N3OS/c15-7-11-4-1-5-12-13(11)16-14(19)17(12)8-10-3-2-6-18-9-10/h1,4-5,10H,2-3,6,8-9H2,(H,16,19). The molecule has 98 valence electrons. The molecule has 1 aliphatic rings. The van der Waals surface area contributed by atoms with Gasteiger partial charge >= 0.3 is 0 Å². The number of aromatic nitrogens is 2. The van der Waals surface area contributed by atoms with Crippen molar-refractivity contribution < 1.29 is 4.74 Å². The van der Waals surface area contributed by atoms with Crippen molar-refractivity contribution in [2.24, 2.45) is 5.92 Å². The van der Waals surface area contributed by atoms with E-state index in [1.807, 2.05) is 18.2 Å². The summed E-state index contributed by atoms with van der Waals surface area (Å²) in [6.45, 7) is 2.52. The molecular weight excluding hydrogens is 258 g/mol. The molecule has 1 aliphatic heterocycles. The lowest BCUT2D eigenvalue weighted by Gasteiger charge is -2.22. The number of benzene rings is 1. The molecule has 5 heteroatoms. The summed E-state index contributed by atoms with van der Waals surface area (Å²) in [5.74, 6) is 0.505. The van der Waals surface area contributed by atoms with Crippen molar-refractivity contribution in [1.82, 2.24) is 9.55 Å². The van der Waals surface area contributed by atoms with E-state index < -0.39 is 0 Å². The smallest absolute Gasteiger partial charge is 0.178 e. The summed E-state index contributed by atoms with van der Waals surface area (Å²) in [5.41, 5.74) is 2.49. The van der Waals surface area contributed by atoms with Crippen LogP contribution < -0.4 is 0 Å². The largest absolute Gasteiger partial charge is 0.381 e. The van der Waals surface area contributed by atoms with E-state index in [-0.39, 0.29) is 0 Å². The molecule has 0 spiro atoms. The van der Waals surface area contributed by atoms with Crippen molar-refractivity contribution in [2.45, 2.75) is 19.4 Å². The monoisotopic (exact) mass is 273 g/mol. The molecule has 1 unspecified atom stereocenters. The van der Waals surface area contributed by atoms with Crippen LogP contribution in [0, 0.1) is 22.0 Å². The van der Waals surface area contributed by atoms with Crippen LogP contribution in [0.25, 0.3) is 11.0 Å². The van der Waals surface area contributed by atoms with Crippen molar-refractivity contribution in [1.29, 1.82) is 5.26 Å². The van der Waals surface area contributed by atoms with Gasteiger partial charge in [0.2, 0.25) is 0 Å². The summed E-state index contributed by atoms with van der Waals surface area (Å²) in [5, 5.41) is 9.12. The van der Waals surface area contributed by atoms with Crippen molar-refractivity contribution >= 4 is 23.3 Å². The molecular formula is C14H15N3OS. The van der Waals surface area contributed by atoms with Gasteiger partial charge in [-0.2, -0.15) is 5.26 Å². The second-order valence-electron chi connectivity index (χ2n) is 4.94. The van der Waals surface area contributed by atoms with Gasteiger partial charge in [0.15, 0.2) is 4.77 Å². The van der Waals surface area contributed by atoms with Crippen LogP contribution in [0.4, 0.5) is 0 Å². The Morgan fingerprint density at radius 2 is 2.42 bits per heavy atom. The van der Waals surface area contributed by atoms with Crippen LogP contribution in [0.5, 0.6) is 0 Å². The van der Waals surface area contributed by atoms with E-state index in [2.05, 4.69) is 15.6 Å². The van der Waals surface area contributed by atoms with E-state index in [9.17, 15) is 0 Å². The van der Waals surface area contributed by atoms with E-state index in [0.29, 0.717) is 16.3 Å². The van der Waals surface area contributed by atoms with Gasteiger partial charge in [-0.1, -0.05) is 6.07 Å². The topological polar surface area (TPSA) is 53.7 Å². The fraction of sp³-hybridized carbons (Fsp3) is 0.429. The third kappa shape index (κ3) is 2.29. The van der Waals surface area contributed by atoms with Crippen LogP contribution in [0.1, 0.15) is 18.4 Å². The molecule has 2 heterocycles. The first-order valence-corrected chi connectivity index (χ1v) is 6.90. The molecule has 1 atom stereocenters. The molecule has 2 aromatic rings. The number of ether oxygens (including phenoxy) is 1. The number of imidazole rings is 1. The highest BCUT2D eigenvalue weighted by Crippen LogP contribution is 2.22. The number of H-pyrrole nitrogens is 1. The van der Waals surface area contributed by atoms with Gasteiger partial charge in [0.05, 0.1) is 23.2 Å². The molecule has 1 N–H and O–H groups in total. The zero-order valence-electron chi connectivity index (χ0n) is 10.6. The first-order valence-electron chi connectivity index (χ1n) is 6.49. The number of aromatic amines is 1. The number of rotatable bonds is 2. The maximum atomic E-state index is 9.12. The highest BCUT2D eigenvalue weighted by molar-refractivity contribution is 7.71. The van der Waals surface area contributed by atoms with Crippen molar-refractivity contribution in [2.75, 3.05) is 13.2 Å². The normalized spacial score (nSPS) is 19.4. The fourth-order valence-electron chi connectivity index (χ4n) is 2.66. The molecule has 1 aromatic heterocycles. The number of fused-ring (bicyclic) bond motifs is 1. The molecule has 0 amide bonds. The molecule has 3 rings (SSSR count). The number of hydrogen-bond acceptors (Lipinski definition) is 3. The van der Waals surface area contributed by atoms with Crippen LogP contribution >= 0.6 is 12.2 Å². The second-order valence-corrected chi connectivity index (χ2v) is 5.32. The van der Waals surface area contributed by atoms with Gasteiger partial charge < -0.3 is 14.3 Å². The number of nitrogens with zero attached hydrogens (tertiary/aromatic N) is 2. The minimum Gasteiger partial charge on any atom is -0.381 e. The van der Waals surface area contributed by atoms with E-state index in [0.717, 1.165) is 37.2 Å². The van der Waals surface area contributed by atoms with Gasteiger partial charge in [-0.3, -0.25) is 0 Å². The molecule has 1 saturated heterocycles. The first kappa shape index (κ1) is 12.4. The van der Waals surface area contributed by atoms with Crippen LogP contribution in [0.15, 0.2) is 18.2 Å². The van der Waals surface area contributed by atoms with Crippen LogP contribution in [0.2, 0.25) is 0 Å². The molecule has 1 aromatic carbocycles. The number of nitriles is 1.